The number of rotatable bonds is 19. The van der Waals surface area contributed by atoms with Crippen molar-refractivity contribution < 1.29 is 33.5 Å². The summed E-state index contributed by atoms with van der Waals surface area (Å²) in [7, 11) is 1.55. The molecule has 1 aliphatic rings. The Hall–Kier alpha value is -2.56. The third-order valence-electron chi connectivity index (χ3n) is 6.81. The lowest BCUT2D eigenvalue weighted by Gasteiger charge is -2.50. The molecule has 0 aliphatic carbocycles. The van der Waals surface area contributed by atoms with E-state index in [4.69, 9.17) is 40.0 Å². The van der Waals surface area contributed by atoms with Crippen LogP contribution >= 0.6 is 23.4 Å². The highest BCUT2D eigenvalue weighted by molar-refractivity contribution is 8.00. The summed E-state index contributed by atoms with van der Waals surface area (Å²) in [6.45, 7) is 19.0. The van der Waals surface area contributed by atoms with Crippen molar-refractivity contribution in [1.29, 1.82) is 0 Å². The summed E-state index contributed by atoms with van der Waals surface area (Å²) in [5.74, 6) is 1.22. The van der Waals surface area contributed by atoms with E-state index in [-0.39, 0.29) is 31.7 Å². The van der Waals surface area contributed by atoms with E-state index in [2.05, 4.69) is 26.3 Å². The molecule has 2 aromatic rings. The van der Waals surface area contributed by atoms with Crippen LogP contribution in [0.3, 0.4) is 0 Å². The molecule has 1 aliphatic heterocycles. The maximum atomic E-state index is 12.8. The first-order chi connectivity index (χ1) is 20.9. The van der Waals surface area contributed by atoms with Crippen LogP contribution in [0.4, 0.5) is 0 Å². The fraction of sp³-hybridized carbons (Fsp3) is 0.412. The van der Waals surface area contributed by atoms with Crippen LogP contribution in [-0.4, -0.2) is 75.4 Å². The lowest BCUT2D eigenvalue weighted by Crippen LogP contribution is -2.61. The van der Waals surface area contributed by atoms with E-state index >= 15 is 0 Å². The maximum Gasteiger partial charge on any atom is 0.168 e. The molecule has 234 valence electrons. The van der Waals surface area contributed by atoms with E-state index < -0.39 is 23.2 Å². The predicted octanol–water partition coefficient (Wildman–Crippen LogP) is 6.51. The van der Waals surface area contributed by atoms with Gasteiger partial charge in [0.2, 0.25) is 0 Å². The van der Waals surface area contributed by atoms with Gasteiger partial charge in [-0.2, -0.15) is 0 Å². The molecule has 0 aromatic heterocycles. The van der Waals surface area contributed by atoms with Crippen molar-refractivity contribution in [3.8, 4) is 11.5 Å². The van der Waals surface area contributed by atoms with E-state index in [9.17, 15) is 5.11 Å². The molecule has 2 aromatic carbocycles. The van der Waals surface area contributed by atoms with Crippen molar-refractivity contribution in [2.24, 2.45) is 0 Å². The Labute approximate surface area is 265 Å². The number of methoxy groups -OCH3 is 1. The Morgan fingerprint density at radius 2 is 1.53 bits per heavy atom. The molecule has 0 spiro atoms. The van der Waals surface area contributed by atoms with Crippen molar-refractivity contribution in [2.75, 3.05) is 46.8 Å². The topological polar surface area (TPSA) is 75.6 Å². The smallest absolute Gasteiger partial charge is 0.168 e. The fourth-order valence-corrected chi connectivity index (χ4v) is 6.82. The van der Waals surface area contributed by atoms with Crippen LogP contribution in [0.2, 0.25) is 5.02 Å². The largest absolute Gasteiger partial charge is 0.496 e. The minimum atomic E-state index is -1.66. The van der Waals surface area contributed by atoms with Gasteiger partial charge < -0.3 is 33.5 Å². The zero-order valence-electron chi connectivity index (χ0n) is 25.0. The minimum absolute atomic E-state index is 0.169. The summed E-state index contributed by atoms with van der Waals surface area (Å²) in [6, 6.07) is 11.5. The van der Waals surface area contributed by atoms with Gasteiger partial charge in [0.1, 0.15) is 29.8 Å². The predicted molar refractivity (Wildman–Crippen MR) is 175 cm³/mol. The molecule has 7 nitrogen and oxygen atoms in total. The lowest BCUT2D eigenvalue weighted by atomic mass is 9.91. The highest BCUT2D eigenvalue weighted by Crippen LogP contribution is 2.53. The zero-order valence-corrected chi connectivity index (χ0v) is 26.6. The molecule has 1 N–H and O–H groups in total. The van der Waals surface area contributed by atoms with E-state index in [0.717, 1.165) is 16.9 Å². The molecule has 5 atom stereocenters. The van der Waals surface area contributed by atoms with Gasteiger partial charge in [-0.25, -0.2) is 0 Å². The molecule has 0 amide bonds. The SMILES string of the molecule is C=CCOC[C@@H]1S[C@@](O)(c2cc(Cc3ccc(OCC)cc3)c(Cl)cc2OC)[C@H](OCC=C)[C@@H](OCC=C)[C@@H]1OCC=C. The Kier molecular flexibility index (Phi) is 14.3. The normalized spacial score (nSPS) is 23.3. The number of benzene rings is 2. The molecule has 0 saturated carbocycles. The first-order valence-electron chi connectivity index (χ1n) is 14.2. The third kappa shape index (κ3) is 8.99. The number of aliphatic hydroxyl groups is 1. The van der Waals surface area contributed by atoms with Crippen LogP contribution in [0.5, 0.6) is 11.5 Å². The quantitative estimate of drug-likeness (QED) is 0.139. The second-order valence-corrected chi connectivity index (χ2v) is 11.7. The number of ether oxygens (including phenoxy) is 6. The van der Waals surface area contributed by atoms with Crippen LogP contribution in [0, 0.1) is 0 Å². The van der Waals surface area contributed by atoms with E-state index in [0.29, 0.717) is 36.0 Å². The second-order valence-electron chi connectivity index (χ2n) is 9.79. The molecular weight excluding hydrogens is 588 g/mol. The minimum Gasteiger partial charge on any atom is -0.496 e. The molecule has 3 rings (SSSR count). The summed E-state index contributed by atoms with van der Waals surface area (Å²) < 4.78 is 36.1. The molecule has 1 fully saturated rings. The van der Waals surface area contributed by atoms with E-state index in [1.54, 1.807) is 37.5 Å². The molecule has 0 bridgehead atoms. The summed E-state index contributed by atoms with van der Waals surface area (Å²) >= 11 is 8.06. The number of hydrogen-bond acceptors (Lipinski definition) is 8. The van der Waals surface area contributed by atoms with Crippen LogP contribution in [0.25, 0.3) is 0 Å². The van der Waals surface area contributed by atoms with Gasteiger partial charge in [0, 0.05) is 10.6 Å². The standard InChI is InChI=1S/C34H43ClO7S/c1-7-16-38-23-30-31(40-17-8-2)32(41-18-9-3)33(42-19-10-4)34(36,43-30)27-21-25(28(35)22-29(27)37-6)20-24-12-14-26(15-13-24)39-11-5/h7-10,12-15,21-22,30-33,36H,1-4,11,16-20,23H2,5-6H3/t30-,31+,32-,33+,34-/m0/s1. The van der Waals surface area contributed by atoms with Gasteiger partial charge in [-0.05, 0) is 48.7 Å². The Morgan fingerprint density at radius 3 is 2.14 bits per heavy atom. The second kappa shape index (κ2) is 17.7. The van der Waals surface area contributed by atoms with Gasteiger partial charge in [-0.1, -0.05) is 48.0 Å². The summed E-state index contributed by atoms with van der Waals surface area (Å²) in [5, 5.41) is 12.9. The third-order valence-corrected chi connectivity index (χ3v) is 8.68. The average Bonchev–Trinajstić information content (AvgIpc) is 3.01. The van der Waals surface area contributed by atoms with Crippen molar-refractivity contribution in [1.82, 2.24) is 0 Å². The fourth-order valence-electron chi connectivity index (χ4n) is 4.98. The summed E-state index contributed by atoms with van der Waals surface area (Å²) in [5.41, 5.74) is 2.35. The van der Waals surface area contributed by atoms with Crippen LogP contribution < -0.4 is 9.47 Å². The Morgan fingerprint density at radius 1 is 0.907 bits per heavy atom. The Bertz CT molecular complexity index is 1200. The lowest BCUT2D eigenvalue weighted by molar-refractivity contribution is -0.180. The van der Waals surface area contributed by atoms with Crippen LogP contribution in [0.15, 0.2) is 87.0 Å². The van der Waals surface area contributed by atoms with Crippen molar-refractivity contribution in [3.63, 3.8) is 0 Å². The maximum absolute atomic E-state index is 12.8. The molecule has 0 unspecified atom stereocenters. The van der Waals surface area contributed by atoms with E-state index in [1.807, 2.05) is 37.3 Å². The number of hydrogen-bond donors (Lipinski definition) is 1. The summed E-state index contributed by atoms with van der Waals surface area (Å²) in [4.78, 5) is -1.66. The molecule has 43 heavy (non-hydrogen) atoms. The van der Waals surface area contributed by atoms with Gasteiger partial charge in [-0.3, -0.25) is 0 Å². The molecule has 1 saturated heterocycles. The zero-order chi connectivity index (χ0) is 31.2. The van der Waals surface area contributed by atoms with Crippen molar-refractivity contribution >= 4 is 23.4 Å². The van der Waals surface area contributed by atoms with Crippen LogP contribution in [-0.2, 0) is 30.3 Å². The Balaban J connectivity index is 2.14. The number of halogens is 1. The molecule has 0 radical (unpaired) electrons. The first-order valence-corrected chi connectivity index (χ1v) is 15.5. The first kappa shape index (κ1) is 34.9. The average molecular weight is 631 g/mol. The molecule has 1 heterocycles. The van der Waals surface area contributed by atoms with Gasteiger partial charge in [0.25, 0.3) is 0 Å². The molecule has 9 heteroatoms. The van der Waals surface area contributed by atoms with E-state index in [1.165, 1.54) is 11.8 Å². The molecular formula is C34H43ClO7S. The van der Waals surface area contributed by atoms with Gasteiger partial charge in [0.05, 0.1) is 52.0 Å². The van der Waals surface area contributed by atoms with Gasteiger partial charge in [0.15, 0.2) is 4.93 Å². The number of thioether (sulfide) groups is 1. The van der Waals surface area contributed by atoms with Gasteiger partial charge >= 0.3 is 0 Å². The van der Waals surface area contributed by atoms with Crippen LogP contribution in [0.1, 0.15) is 23.6 Å². The highest BCUT2D eigenvalue weighted by Gasteiger charge is 2.57. The van der Waals surface area contributed by atoms with Crippen molar-refractivity contribution in [2.45, 2.75) is 41.8 Å². The van der Waals surface area contributed by atoms with Gasteiger partial charge in [-0.15, -0.1) is 38.1 Å². The highest BCUT2D eigenvalue weighted by atomic mass is 35.5. The summed E-state index contributed by atoms with van der Waals surface area (Å²) in [6.07, 6.45) is 5.04. The van der Waals surface area contributed by atoms with Crippen molar-refractivity contribution in [3.05, 3.63) is 109 Å². The monoisotopic (exact) mass is 630 g/mol.